The smallest absolute Gasteiger partial charge is 0.401 e. The largest absolute Gasteiger partial charge is 0.433 e. The molecule has 6 heteroatoms. The van der Waals surface area contributed by atoms with Crippen LogP contribution in [0.15, 0.2) is 46.9 Å². The second-order valence-electron chi connectivity index (χ2n) is 3.64. The van der Waals surface area contributed by atoms with Gasteiger partial charge in [0.2, 0.25) is 0 Å². The Morgan fingerprint density at radius 1 is 1.21 bits per heavy atom. The number of hydrogen-bond acceptors (Lipinski definition) is 4. The fourth-order valence-electron chi connectivity index (χ4n) is 1.40. The monoisotopic (exact) mass is 261 g/mol. The Kier molecular flexibility index (Phi) is 3.51. The first-order valence-corrected chi connectivity index (χ1v) is 5.28. The van der Waals surface area contributed by atoms with Crippen molar-refractivity contribution in [2.75, 3.05) is 0 Å². The quantitative estimate of drug-likeness (QED) is 0.366. The highest BCUT2D eigenvalue weighted by Gasteiger charge is 2.10. The minimum Gasteiger partial charge on any atom is -0.401 e. The van der Waals surface area contributed by atoms with Crippen LogP contribution in [0.2, 0.25) is 0 Å². The Morgan fingerprint density at radius 3 is 2.47 bits per heavy atom. The Morgan fingerprint density at radius 2 is 1.89 bits per heavy atom. The summed E-state index contributed by atoms with van der Waals surface area (Å²) in [5.41, 5.74) is 0.318. The van der Waals surface area contributed by atoms with E-state index in [4.69, 9.17) is 4.42 Å². The molecule has 0 radical (unpaired) electrons. The summed E-state index contributed by atoms with van der Waals surface area (Å²) < 4.78 is 17.5. The van der Waals surface area contributed by atoms with Gasteiger partial charge in [-0.05, 0) is 42.5 Å². The van der Waals surface area contributed by atoms with E-state index in [1.165, 1.54) is 48.6 Å². The molecule has 0 aliphatic carbocycles. The number of allylic oxidation sites excluding steroid dienone is 1. The molecule has 0 saturated carbocycles. The number of nitro groups is 1. The molecule has 1 aromatic carbocycles. The van der Waals surface area contributed by atoms with E-state index in [1.54, 1.807) is 0 Å². The normalized spacial score (nSPS) is 10.8. The van der Waals surface area contributed by atoms with E-state index < -0.39 is 16.6 Å². The third-order valence-corrected chi connectivity index (χ3v) is 2.32. The molecule has 2 aromatic rings. The van der Waals surface area contributed by atoms with Crippen molar-refractivity contribution in [3.8, 4) is 0 Å². The maximum Gasteiger partial charge on any atom is 0.433 e. The number of rotatable bonds is 4. The Hall–Kier alpha value is -2.76. The van der Waals surface area contributed by atoms with Crippen molar-refractivity contribution in [3.05, 3.63) is 69.7 Å². The lowest BCUT2D eigenvalue weighted by Crippen LogP contribution is -1.93. The van der Waals surface area contributed by atoms with E-state index >= 15 is 0 Å². The molecular formula is C13H8FNO4. The summed E-state index contributed by atoms with van der Waals surface area (Å²) in [6.45, 7) is 0. The van der Waals surface area contributed by atoms with Crippen LogP contribution in [0.4, 0.5) is 10.3 Å². The Balaban J connectivity index is 2.11. The summed E-state index contributed by atoms with van der Waals surface area (Å²) in [5, 5.41) is 10.4. The summed E-state index contributed by atoms with van der Waals surface area (Å²) in [4.78, 5) is 21.4. The van der Waals surface area contributed by atoms with Crippen LogP contribution in [0.3, 0.4) is 0 Å². The lowest BCUT2D eigenvalue weighted by Gasteiger charge is -1.94. The van der Waals surface area contributed by atoms with Crippen LogP contribution in [0.5, 0.6) is 0 Å². The molecule has 0 amide bonds. The average Bonchev–Trinajstić information content (AvgIpc) is 2.86. The molecule has 0 saturated heterocycles. The Labute approximate surface area is 107 Å². The topological polar surface area (TPSA) is 73.3 Å². The first-order chi connectivity index (χ1) is 9.06. The molecule has 1 heterocycles. The van der Waals surface area contributed by atoms with Gasteiger partial charge < -0.3 is 4.42 Å². The molecule has 19 heavy (non-hydrogen) atoms. The number of benzene rings is 1. The fraction of sp³-hybridized carbons (Fsp3) is 0. The summed E-state index contributed by atoms with van der Waals surface area (Å²) >= 11 is 0. The zero-order valence-corrected chi connectivity index (χ0v) is 9.58. The van der Waals surface area contributed by atoms with Gasteiger partial charge in [-0.15, -0.1) is 0 Å². The number of halogens is 1. The van der Waals surface area contributed by atoms with Crippen molar-refractivity contribution in [2.45, 2.75) is 0 Å². The minimum atomic E-state index is -0.668. The molecular weight excluding hydrogens is 253 g/mol. The second kappa shape index (κ2) is 5.26. The SMILES string of the molecule is O=C(/C=C\c1ccc([N+](=O)[O-])o1)c1ccc(F)cc1. The fourth-order valence-corrected chi connectivity index (χ4v) is 1.40. The van der Waals surface area contributed by atoms with Gasteiger partial charge >= 0.3 is 5.88 Å². The van der Waals surface area contributed by atoms with Crippen molar-refractivity contribution in [2.24, 2.45) is 0 Å². The highest BCUT2D eigenvalue weighted by molar-refractivity contribution is 6.06. The van der Waals surface area contributed by atoms with Crippen molar-refractivity contribution >= 4 is 17.7 Å². The molecule has 2 rings (SSSR count). The van der Waals surface area contributed by atoms with Gasteiger partial charge in [-0.25, -0.2) is 4.39 Å². The first kappa shape index (κ1) is 12.7. The van der Waals surface area contributed by atoms with Gasteiger partial charge in [0.1, 0.15) is 16.5 Å². The summed E-state index contributed by atoms with van der Waals surface area (Å²) in [7, 11) is 0. The van der Waals surface area contributed by atoms with Crippen molar-refractivity contribution < 1.29 is 18.5 Å². The van der Waals surface area contributed by atoms with Crippen LogP contribution >= 0.6 is 0 Å². The van der Waals surface area contributed by atoms with E-state index in [0.29, 0.717) is 5.56 Å². The molecule has 5 nitrogen and oxygen atoms in total. The molecule has 0 N–H and O–H groups in total. The molecule has 0 spiro atoms. The van der Waals surface area contributed by atoms with Crippen molar-refractivity contribution in [1.29, 1.82) is 0 Å². The maximum absolute atomic E-state index is 12.7. The zero-order chi connectivity index (χ0) is 13.8. The number of carbonyl (C=O) groups excluding carboxylic acids is 1. The van der Waals surface area contributed by atoms with E-state index in [1.807, 2.05) is 0 Å². The van der Waals surface area contributed by atoms with E-state index in [-0.39, 0.29) is 11.5 Å². The Bertz CT molecular complexity index is 643. The number of ketones is 1. The number of carbonyl (C=O) groups is 1. The predicted octanol–water partition coefficient (Wildman–Crippen LogP) is 3.22. The van der Waals surface area contributed by atoms with Gasteiger partial charge in [-0.3, -0.25) is 14.9 Å². The highest BCUT2D eigenvalue weighted by atomic mass is 19.1. The number of hydrogen-bond donors (Lipinski definition) is 0. The van der Waals surface area contributed by atoms with Gasteiger partial charge in [-0.1, -0.05) is 0 Å². The van der Waals surface area contributed by atoms with Gasteiger partial charge in [0.15, 0.2) is 5.78 Å². The number of furan rings is 1. The lowest BCUT2D eigenvalue weighted by atomic mass is 10.1. The summed E-state index contributed by atoms with van der Waals surface area (Å²) in [6, 6.07) is 7.64. The van der Waals surface area contributed by atoms with Crippen LogP contribution in [0.25, 0.3) is 6.08 Å². The standard InChI is InChI=1S/C13H8FNO4/c14-10-3-1-9(2-4-10)12(16)7-5-11-6-8-13(19-11)15(17)18/h1-8H/b7-5-. The number of nitrogens with zero attached hydrogens (tertiary/aromatic N) is 1. The van der Waals surface area contributed by atoms with E-state index in [9.17, 15) is 19.3 Å². The molecule has 0 unspecified atom stereocenters. The van der Waals surface area contributed by atoms with Crippen LogP contribution in [-0.2, 0) is 0 Å². The van der Waals surface area contributed by atoms with Gasteiger partial charge in [0.25, 0.3) is 0 Å². The molecule has 0 fully saturated rings. The van der Waals surface area contributed by atoms with Crippen LogP contribution < -0.4 is 0 Å². The molecule has 0 atom stereocenters. The predicted molar refractivity (Wildman–Crippen MR) is 65.1 cm³/mol. The maximum atomic E-state index is 12.7. The van der Waals surface area contributed by atoms with E-state index in [2.05, 4.69) is 0 Å². The summed E-state index contributed by atoms with van der Waals surface area (Å²) in [6.07, 6.45) is 2.52. The minimum absolute atomic E-state index is 0.196. The second-order valence-corrected chi connectivity index (χ2v) is 3.64. The van der Waals surface area contributed by atoms with E-state index in [0.717, 1.165) is 0 Å². The lowest BCUT2D eigenvalue weighted by molar-refractivity contribution is -0.402. The first-order valence-electron chi connectivity index (χ1n) is 5.28. The molecule has 0 bridgehead atoms. The molecule has 1 aromatic heterocycles. The molecule has 0 aliphatic heterocycles. The van der Waals surface area contributed by atoms with Crippen LogP contribution in [0.1, 0.15) is 16.1 Å². The van der Waals surface area contributed by atoms with Gasteiger partial charge in [-0.2, -0.15) is 0 Å². The van der Waals surface area contributed by atoms with Crippen LogP contribution in [-0.4, -0.2) is 10.7 Å². The molecule has 96 valence electrons. The zero-order valence-electron chi connectivity index (χ0n) is 9.58. The van der Waals surface area contributed by atoms with Gasteiger partial charge in [0, 0.05) is 5.56 Å². The third-order valence-electron chi connectivity index (χ3n) is 2.32. The van der Waals surface area contributed by atoms with Crippen molar-refractivity contribution in [1.82, 2.24) is 0 Å². The third kappa shape index (κ3) is 3.12. The average molecular weight is 261 g/mol. The highest BCUT2D eigenvalue weighted by Crippen LogP contribution is 2.17. The molecule has 0 aliphatic rings. The summed E-state index contributed by atoms with van der Waals surface area (Å²) in [5.74, 6) is -0.975. The van der Waals surface area contributed by atoms with Crippen LogP contribution in [0, 0.1) is 15.9 Å². The van der Waals surface area contributed by atoms with Gasteiger partial charge in [0.05, 0.1) is 6.07 Å². The van der Waals surface area contributed by atoms with Crippen molar-refractivity contribution in [3.63, 3.8) is 0 Å².